The lowest BCUT2D eigenvalue weighted by atomic mass is 9.76. The average molecular weight is 397 g/mol. The molecule has 0 saturated carbocycles. The van der Waals surface area contributed by atoms with Crippen molar-refractivity contribution in [3.63, 3.8) is 0 Å². The molecule has 0 fully saturated rings. The molecule has 0 saturated heterocycles. The number of pyridine rings is 1. The fourth-order valence-electron chi connectivity index (χ4n) is 3.78. The summed E-state index contributed by atoms with van der Waals surface area (Å²) in [6.07, 6.45) is 5.44. The molecule has 3 aromatic rings. The Hall–Kier alpha value is -2.36. The third-order valence-electron chi connectivity index (χ3n) is 5.06. The van der Waals surface area contributed by atoms with Crippen molar-refractivity contribution >= 4 is 29.1 Å². The van der Waals surface area contributed by atoms with Crippen LogP contribution in [0.3, 0.4) is 0 Å². The predicted molar refractivity (Wildman–Crippen MR) is 109 cm³/mol. The van der Waals surface area contributed by atoms with Gasteiger partial charge in [0.1, 0.15) is 0 Å². The highest BCUT2D eigenvalue weighted by Crippen LogP contribution is 2.36. The molecular formula is C22H18Cl2N2O. The van der Waals surface area contributed by atoms with Gasteiger partial charge in [0.15, 0.2) is 0 Å². The van der Waals surface area contributed by atoms with Crippen LogP contribution in [0.1, 0.15) is 39.4 Å². The number of amides is 1. The van der Waals surface area contributed by atoms with Crippen molar-refractivity contribution in [2.24, 2.45) is 0 Å². The fourth-order valence-corrected chi connectivity index (χ4v) is 4.07. The minimum atomic E-state index is -0.146. The molecule has 0 spiro atoms. The first-order valence-electron chi connectivity index (χ1n) is 8.87. The van der Waals surface area contributed by atoms with Gasteiger partial charge in [0, 0.05) is 29.9 Å². The molecule has 27 heavy (non-hydrogen) atoms. The van der Waals surface area contributed by atoms with E-state index in [1.807, 2.05) is 18.3 Å². The molecule has 136 valence electrons. The molecule has 2 atom stereocenters. The minimum absolute atomic E-state index is 0.0222. The summed E-state index contributed by atoms with van der Waals surface area (Å²) in [7, 11) is 0. The Morgan fingerprint density at radius 3 is 2.67 bits per heavy atom. The number of aromatic nitrogens is 1. The summed E-state index contributed by atoms with van der Waals surface area (Å²) in [4.78, 5) is 17.1. The molecule has 0 aliphatic heterocycles. The Kier molecular flexibility index (Phi) is 5.15. The van der Waals surface area contributed by atoms with Crippen molar-refractivity contribution in [1.29, 1.82) is 0 Å². The Morgan fingerprint density at radius 1 is 1.04 bits per heavy atom. The molecule has 1 aliphatic rings. The summed E-state index contributed by atoms with van der Waals surface area (Å²) in [6, 6.07) is 17.3. The minimum Gasteiger partial charge on any atom is -0.348 e. The van der Waals surface area contributed by atoms with E-state index >= 15 is 0 Å². The van der Waals surface area contributed by atoms with E-state index in [2.05, 4.69) is 34.6 Å². The monoisotopic (exact) mass is 396 g/mol. The summed E-state index contributed by atoms with van der Waals surface area (Å²) in [5.74, 6) is -0.0813. The van der Waals surface area contributed by atoms with Crippen LogP contribution < -0.4 is 5.32 Å². The van der Waals surface area contributed by atoms with Gasteiger partial charge in [0.05, 0.1) is 10.0 Å². The zero-order chi connectivity index (χ0) is 18.8. The molecule has 3 nitrogen and oxygen atoms in total. The molecule has 2 aromatic carbocycles. The summed E-state index contributed by atoms with van der Waals surface area (Å²) in [5.41, 5.74) is 4.18. The van der Waals surface area contributed by atoms with Gasteiger partial charge in [0.2, 0.25) is 0 Å². The van der Waals surface area contributed by atoms with Crippen molar-refractivity contribution < 1.29 is 4.79 Å². The van der Waals surface area contributed by atoms with E-state index in [4.69, 9.17) is 23.2 Å². The van der Waals surface area contributed by atoms with E-state index in [1.165, 1.54) is 11.1 Å². The second-order valence-corrected chi connectivity index (χ2v) is 7.52. The largest absolute Gasteiger partial charge is 0.348 e. The predicted octanol–water partition coefficient (Wildman–Crippen LogP) is 5.27. The van der Waals surface area contributed by atoms with Gasteiger partial charge in [-0.2, -0.15) is 0 Å². The summed E-state index contributed by atoms with van der Waals surface area (Å²) < 4.78 is 0. The Bertz CT molecular complexity index is 975. The molecule has 1 aliphatic carbocycles. The first kappa shape index (κ1) is 18.0. The molecule has 1 aromatic heterocycles. The molecule has 0 bridgehead atoms. The molecule has 1 amide bonds. The van der Waals surface area contributed by atoms with Crippen molar-refractivity contribution in [1.82, 2.24) is 10.3 Å². The lowest BCUT2D eigenvalue weighted by molar-refractivity contribution is 0.0929. The van der Waals surface area contributed by atoms with Crippen molar-refractivity contribution in [2.45, 2.75) is 24.8 Å². The first-order valence-corrected chi connectivity index (χ1v) is 9.62. The topological polar surface area (TPSA) is 42.0 Å². The normalized spacial score (nSPS) is 18.6. The molecule has 1 heterocycles. The van der Waals surface area contributed by atoms with Crippen LogP contribution >= 0.6 is 23.2 Å². The standard InChI is InChI=1S/C22H18Cl2N2O/c23-18-9-7-15(12-19(18)24)22(27)26-20-10-8-14-4-1-2-6-17(14)21(20)16-5-3-11-25-13-16/h1-7,9,11-13,20-21H,8,10H2,(H,26,27). The van der Waals surface area contributed by atoms with E-state index in [0.717, 1.165) is 18.4 Å². The number of benzene rings is 2. The van der Waals surface area contributed by atoms with E-state index in [-0.39, 0.29) is 17.9 Å². The lowest BCUT2D eigenvalue weighted by Gasteiger charge is -2.34. The van der Waals surface area contributed by atoms with Gasteiger partial charge in [-0.1, -0.05) is 53.5 Å². The number of aryl methyl sites for hydroxylation is 1. The van der Waals surface area contributed by atoms with Crippen molar-refractivity contribution in [2.75, 3.05) is 0 Å². The van der Waals surface area contributed by atoms with Crippen LogP contribution in [-0.4, -0.2) is 16.9 Å². The Balaban J connectivity index is 1.66. The van der Waals surface area contributed by atoms with Crippen LogP contribution in [0.5, 0.6) is 0 Å². The number of hydrogen-bond acceptors (Lipinski definition) is 2. The number of nitrogens with zero attached hydrogens (tertiary/aromatic N) is 1. The molecule has 4 rings (SSSR count). The SMILES string of the molecule is O=C(NC1CCc2ccccc2C1c1cccnc1)c1ccc(Cl)c(Cl)c1. The molecule has 2 unspecified atom stereocenters. The van der Waals surface area contributed by atoms with E-state index in [1.54, 1.807) is 24.4 Å². The van der Waals surface area contributed by atoms with Gasteiger partial charge in [0.25, 0.3) is 5.91 Å². The smallest absolute Gasteiger partial charge is 0.251 e. The average Bonchev–Trinajstić information content (AvgIpc) is 2.70. The van der Waals surface area contributed by atoms with Crippen LogP contribution in [0.4, 0.5) is 0 Å². The third kappa shape index (κ3) is 3.71. The zero-order valence-electron chi connectivity index (χ0n) is 14.5. The molecular weight excluding hydrogens is 379 g/mol. The summed E-state index contributed by atoms with van der Waals surface area (Å²) in [5, 5.41) is 4.02. The number of carbonyl (C=O) groups is 1. The number of hydrogen-bond donors (Lipinski definition) is 1. The van der Waals surface area contributed by atoms with Gasteiger partial charge in [-0.15, -0.1) is 0 Å². The van der Waals surface area contributed by atoms with Gasteiger partial charge in [-0.3, -0.25) is 9.78 Å². The highest BCUT2D eigenvalue weighted by molar-refractivity contribution is 6.42. The van der Waals surface area contributed by atoms with Gasteiger partial charge in [-0.25, -0.2) is 0 Å². The lowest BCUT2D eigenvalue weighted by Crippen LogP contribution is -2.42. The highest BCUT2D eigenvalue weighted by atomic mass is 35.5. The summed E-state index contributed by atoms with van der Waals surface area (Å²) in [6.45, 7) is 0. The second-order valence-electron chi connectivity index (χ2n) is 6.71. The Morgan fingerprint density at radius 2 is 1.89 bits per heavy atom. The van der Waals surface area contributed by atoms with Crippen LogP contribution in [-0.2, 0) is 6.42 Å². The zero-order valence-corrected chi connectivity index (χ0v) is 16.0. The maximum absolute atomic E-state index is 12.8. The second kappa shape index (κ2) is 7.71. The molecule has 1 N–H and O–H groups in total. The van der Waals surface area contributed by atoms with E-state index in [0.29, 0.717) is 15.6 Å². The Labute approximate surface area is 168 Å². The van der Waals surface area contributed by atoms with Gasteiger partial charge in [-0.05, 0) is 53.8 Å². The number of fused-ring (bicyclic) bond motifs is 1. The number of carbonyl (C=O) groups excluding carboxylic acids is 1. The third-order valence-corrected chi connectivity index (χ3v) is 5.80. The van der Waals surface area contributed by atoms with Crippen LogP contribution in [0, 0.1) is 0 Å². The fraction of sp³-hybridized carbons (Fsp3) is 0.182. The number of rotatable bonds is 3. The molecule has 0 radical (unpaired) electrons. The van der Waals surface area contributed by atoms with Crippen LogP contribution in [0.15, 0.2) is 67.0 Å². The van der Waals surface area contributed by atoms with Gasteiger partial charge >= 0.3 is 0 Å². The van der Waals surface area contributed by atoms with Crippen LogP contribution in [0.25, 0.3) is 0 Å². The van der Waals surface area contributed by atoms with Crippen LogP contribution in [0.2, 0.25) is 10.0 Å². The summed E-state index contributed by atoms with van der Waals surface area (Å²) >= 11 is 12.0. The number of nitrogens with one attached hydrogen (secondary N) is 1. The van der Waals surface area contributed by atoms with Crippen molar-refractivity contribution in [3.8, 4) is 0 Å². The number of halogens is 2. The first-order chi connectivity index (χ1) is 13.1. The maximum atomic E-state index is 12.8. The van der Waals surface area contributed by atoms with E-state index < -0.39 is 0 Å². The van der Waals surface area contributed by atoms with Crippen molar-refractivity contribution in [3.05, 3.63) is 99.3 Å². The van der Waals surface area contributed by atoms with E-state index in [9.17, 15) is 4.79 Å². The maximum Gasteiger partial charge on any atom is 0.251 e. The van der Waals surface area contributed by atoms with Gasteiger partial charge < -0.3 is 5.32 Å². The highest BCUT2D eigenvalue weighted by Gasteiger charge is 2.32. The quantitative estimate of drug-likeness (QED) is 0.655. The molecule has 5 heteroatoms.